The molecule has 0 bridgehead atoms. The topological polar surface area (TPSA) is 116 Å². The summed E-state index contributed by atoms with van der Waals surface area (Å²) < 4.78 is 4.02. The van der Waals surface area contributed by atoms with E-state index in [0.29, 0.717) is 0 Å². The number of methoxy groups -OCH3 is 1. The Balaban J connectivity index is 4.47. The van der Waals surface area contributed by atoms with Crippen LogP contribution in [0.4, 0.5) is 14.4 Å². The van der Waals surface area contributed by atoms with Crippen LogP contribution >= 0.6 is 0 Å². The van der Waals surface area contributed by atoms with E-state index in [1.165, 1.54) is 0 Å². The maximum atomic E-state index is 10.5. The molecule has 0 aliphatic rings. The van der Waals surface area contributed by atoms with Gasteiger partial charge in [0.15, 0.2) is 0 Å². The van der Waals surface area contributed by atoms with Crippen LogP contribution in [-0.2, 0) is 4.74 Å². The Morgan fingerprint density at radius 3 is 1.64 bits per heavy atom. The minimum absolute atomic E-state index is 0.0278. The van der Waals surface area contributed by atoms with E-state index < -0.39 is 18.2 Å². The van der Waals surface area contributed by atoms with Gasteiger partial charge >= 0.3 is 18.2 Å². The molecule has 0 aliphatic heterocycles. The number of hydrogen-bond acceptors (Lipinski definition) is 4. The van der Waals surface area contributed by atoms with Crippen LogP contribution in [0.3, 0.4) is 0 Å². The SMILES string of the molecule is COC(=O)N(C(N)=O)C(N)=O. The van der Waals surface area contributed by atoms with Gasteiger partial charge in [0.25, 0.3) is 0 Å². The van der Waals surface area contributed by atoms with Gasteiger partial charge in [0.1, 0.15) is 0 Å². The van der Waals surface area contributed by atoms with Crippen molar-refractivity contribution >= 4 is 18.2 Å². The Morgan fingerprint density at radius 1 is 1.18 bits per heavy atom. The maximum absolute atomic E-state index is 10.5. The van der Waals surface area contributed by atoms with E-state index in [2.05, 4.69) is 16.2 Å². The van der Waals surface area contributed by atoms with Gasteiger partial charge in [-0.3, -0.25) is 0 Å². The maximum Gasteiger partial charge on any atom is 0.426 e. The summed E-state index contributed by atoms with van der Waals surface area (Å²) in [6, 6.07) is -2.55. The molecule has 0 radical (unpaired) electrons. The highest BCUT2D eigenvalue weighted by molar-refractivity contribution is 6.06. The van der Waals surface area contributed by atoms with Crippen molar-refractivity contribution < 1.29 is 19.1 Å². The first-order valence-corrected chi connectivity index (χ1v) is 2.47. The lowest BCUT2D eigenvalue weighted by molar-refractivity contribution is 0.138. The molecule has 0 aliphatic carbocycles. The van der Waals surface area contributed by atoms with Gasteiger partial charge in [-0.15, -0.1) is 4.90 Å². The van der Waals surface area contributed by atoms with E-state index in [9.17, 15) is 14.4 Å². The number of imide groups is 3. The van der Waals surface area contributed by atoms with Gasteiger partial charge in [-0.25, -0.2) is 14.4 Å². The number of carbonyl (C=O) groups is 3. The fourth-order valence-corrected chi connectivity index (χ4v) is 0.380. The average molecular weight is 161 g/mol. The highest BCUT2D eigenvalue weighted by Crippen LogP contribution is 1.90. The Kier molecular flexibility index (Phi) is 2.84. The number of ether oxygens (including phenoxy) is 1. The Morgan fingerprint density at radius 2 is 1.55 bits per heavy atom. The molecule has 0 saturated carbocycles. The molecule has 11 heavy (non-hydrogen) atoms. The molecule has 0 atom stereocenters. The summed E-state index contributed by atoms with van der Waals surface area (Å²) in [4.78, 5) is 31.0. The first-order chi connectivity index (χ1) is 5.00. The third-order valence-electron chi connectivity index (χ3n) is 0.798. The van der Waals surface area contributed by atoms with Gasteiger partial charge in [0.2, 0.25) is 0 Å². The van der Waals surface area contributed by atoms with Crippen LogP contribution in [-0.4, -0.2) is 30.2 Å². The molecule has 0 aromatic carbocycles. The number of nitrogens with zero attached hydrogens (tertiary/aromatic N) is 1. The summed E-state index contributed by atoms with van der Waals surface area (Å²) in [5.74, 6) is 0. The van der Waals surface area contributed by atoms with Crippen LogP contribution in [0, 0.1) is 0 Å². The predicted molar refractivity (Wildman–Crippen MR) is 33.4 cm³/mol. The van der Waals surface area contributed by atoms with Crippen molar-refractivity contribution in [2.45, 2.75) is 0 Å². The van der Waals surface area contributed by atoms with Crippen molar-refractivity contribution in [1.29, 1.82) is 0 Å². The average Bonchev–Trinajstić information content (AvgIpc) is 1.85. The second-order valence-corrected chi connectivity index (χ2v) is 1.48. The van der Waals surface area contributed by atoms with Crippen molar-refractivity contribution in [1.82, 2.24) is 4.90 Å². The molecule has 5 amide bonds. The molecule has 0 unspecified atom stereocenters. The van der Waals surface area contributed by atoms with E-state index in [-0.39, 0.29) is 4.90 Å². The smallest absolute Gasteiger partial charge is 0.426 e. The zero-order valence-corrected chi connectivity index (χ0v) is 5.73. The Labute approximate surface area is 61.9 Å². The van der Waals surface area contributed by atoms with Gasteiger partial charge in [0.05, 0.1) is 7.11 Å². The lowest BCUT2D eigenvalue weighted by atomic mass is 10.7. The number of carbonyl (C=O) groups excluding carboxylic acids is 3. The van der Waals surface area contributed by atoms with Crippen LogP contribution < -0.4 is 11.5 Å². The fourth-order valence-electron chi connectivity index (χ4n) is 0.380. The summed E-state index contributed by atoms with van der Waals surface area (Å²) in [7, 11) is 0.987. The normalized spacial score (nSPS) is 8.45. The van der Waals surface area contributed by atoms with Crippen LogP contribution in [0.1, 0.15) is 0 Å². The van der Waals surface area contributed by atoms with Crippen LogP contribution in [0.2, 0.25) is 0 Å². The zero-order chi connectivity index (χ0) is 9.02. The number of rotatable bonds is 0. The molecule has 7 nitrogen and oxygen atoms in total. The largest absolute Gasteiger partial charge is 0.452 e. The second kappa shape index (κ2) is 3.40. The van der Waals surface area contributed by atoms with Crippen molar-refractivity contribution in [2.24, 2.45) is 11.5 Å². The quantitative estimate of drug-likeness (QED) is 0.484. The predicted octanol–water partition coefficient (Wildman–Crippen LogP) is -0.788. The number of nitrogens with two attached hydrogens (primary N) is 2. The molecular formula is C4H7N3O4. The molecule has 0 fully saturated rings. The molecule has 0 spiro atoms. The minimum atomic E-state index is -1.27. The fraction of sp³-hybridized carbons (Fsp3) is 0.250. The number of primary amides is 2. The molecule has 4 N–H and O–H groups in total. The first-order valence-electron chi connectivity index (χ1n) is 2.47. The van der Waals surface area contributed by atoms with Crippen molar-refractivity contribution in [2.75, 3.05) is 7.11 Å². The van der Waals surface area contributed by atoms with E-state index in [4.69, 9.17) is 0 Å². The van der Waals surface area contributed by atoms with E-state index >= 15 is 0 Å². The number of amides is 5. The summed E-state index contributed by atoms with van der Waals surface area (Å²) in [6.07, 6.45) is -1.20. The van der Waals surface area contributed by atoms with E-state index in [1.807, 2.05) is 0 Å². The first kappa shape index (κ1) is 9.21. The molecule has 0 aromatic heterocycles. The van der Waals surface area contributed by atoms with Crippen molar-refractivity contribution in [3.8, 4) is 0 Å². The molecular weight excluding hydrogens is 154 g/mol. The molecule has 7 heteroatoms. The van der Waals surface area contributed by atoms with Gasteiger partial charge in [-0.1, -0.05) is 0 Å². The zero-order valence-electron chi connectivity index (χ0n) is 5.73. The molecule has 0 saturated heterocycles. The lowest BCUT2D eigenvalue weighted by Gasteiger charge is -2.10. The van der Waals surface area contributed by atoms with Gasteiger partial charge in [0, 0.05) is 0 Å². The third-order valence-corrected chi connectivity index (χ3v) is 0.798. The van der Waals surface area contributed by atoms with Crippen LogP contribution in [0.15, 0.2) is 0 Å². The minimum Gasteiger partial charge on any atom is -0.452 e. The Bertz CT molecular complexity index is 188. The van der Waals surface area contributed by atoms with Gasteiger partial charge in [-0.2, -0.15) is 0 Å². The van der Waals surface area contributed by atoms with Crippen molar-refractivity contribution in [3.63, 3.8) is 0 Å². The summed E-state index contributed by atoms with van der Waals surface area (Å²) in [5.41, 5.74) is 9.20. The third kappa shape index (κ3) is 2.12. The molecule has 0 aromatic rings. The summed E-state index contributed by atoms with van der Waals surface area (Å²) in [5, 5.41) is 0. The standard InChI is InChI=1S/C4H7N3O4/c1-11-4(10)7(2(5)8)3(6)9/h1H3,(H2,5,8)(H2,6,9). The van der Waals surface area contributed by atoms with Gasteiger partial charge < -0.3 is 16.2 Å². The van der Waals surface area contributed by atoms with Crippen LogP contribution in [0.5, 0.6) is 0 Å². The summed E-state index contributed by atoms with van der Waals surface area (Å²) >= 11 is 0. The number of hydrogen-bond donors (Lipinski definition) is 2. The van der Waals surface area contributed by atoms with Gasteiger partial charge in [-0.05, 0) is 0 Å². The molecule has 62 valence electrons. The summed E-state index contributed by atoms with van der Waals surface area (Å²) in [6.45, 7) is 0. The van der Waals surface area contributed by atoms with Crippen LogP contribution in [0.25, 0.3) is 0 Å². The van der Waals surface area contributed by atoms with E-state index in [1.54, 1.807) is 0 Å². The van der Waals surface area contributed by atoms with E-state index in [0.717, 1.165) is 7.11 Å². The Hall–Kier alpha value is -1.79. The highest BCUT2D eigenvalue weighted by atomic mass is 16.5. The lowest BCUT2D eigenvalue weighted by Crippen LogP contribution is -2.47. The van der Waals surface area contributed by atoms with Crippen molar-refractivity contribution in [3.05, 3.63) is 0 Å². The molecule has 0 rings (SSSR count). The number of urea groups is 2. The second-order valence-electron chi connectivity index (χ2n) is 1.48. The monoisotopic (exact) mass is 161 g/mol. The molecule has 0 heterocycles. The highest BCUT2D eigenvalue weighted by Gasteiger charge is 2.24.